The molecule has 3 rings (SSSR count). The molecular formula is C16H18O. The zero-order valence-electron chi connectivity index (χ0n) is 10.4. The average Bonchev–Trinajstić information content (AvgIpc) is 2.68. The fourth-order valence-corrected chi connectivity index (χ4v) is 3.58. The van der Waals surface area contributed by atoms with Gasteiger partial charge in [-0.2, -0.15) is 0 Å². The second-order valence-electron chi connectivity index (χ2n) is 6.00. The van der Waals surface area contributed by atoms with Gasteiger partial charge >= 0.3 is 0 Å². The highest BCUT2D eigenvalue weighted by Crippen LogP contribution is 2.54. The molecule has 1 fully saturated rings. The number of allylic oxidation sites excluding steroid dienone is 1. The van der Waals surface area contributed by atoms with Crippen LogP contribution in [0.15, 0.2) is 29.8 Å². The zero-order chi connectivity index (χ0) is 12.0. The van der Waals surface area contributed by atoms with E-state index in [0.717, 1.165) is 19.1 Å². The molecule has 1 aromatic carbocycles. The van der Waals surface area contributed by atoms with Gasteiger partial charge in [-0.1, -0.05) is 49.8 Å². The Morgan fingerprint density at radius 1 is 1.29 bits per heavy atom. The minimum Gasteiger partial charge on any atom is -0.303 e. The first-order valence-corrected chi connectivity index (χ1v) is 6.38. The number of rotatable bonds is 1. The lowest BCUT2D eigenvalue weighted by molar-refractivity contribution is -0.112. The van der Waals surface area contributed by atoms with Crippen molar-refractivity contribution in [2.75, 3.05) is 0 Å². The van der Waals surface area contributed by atoms with Gasteiger partial charge in [0.2, 0.25) is 0 Å². The summed E-state index contributed by atoms with van der Waals surface area (Å²) in [5.74, 6) is 0.698. The molecule has 0 spiro atoms. The molecule has 17 heavy (non-hydrogen) atoms. The molecule has 0 aromatic heterocycles. The Hall–Kier alpha value is -1.37. The SMILES string of the molecule is CC1(C)C[C@H](C=O)C[C@H]2C1=Cc1ccccc12. The number of fused-ring (bicyclic) bond motifs is 3. The summed E-state index contributed by atoms with van der Waals surface area (Å²) in [5.41, 5.74) is 4.46. The summed E-state index contributed by atoms with van der Waals surface area (Å²) in [4.78, 5) is 11.1. The first-order valence-electron chi connectivity index (χ1n) is 6.38. The summed E-state index contributed by atoms with van der Waals surface area (Å²) in [6.45, 7) is 4.54. The second kappa shape index (κ2) is 3.56. The quantitative estimate of drug-likeness (QED) is 0.666. The van der Waals surface area contributed by atoms with Crippen molar-refractivity contribution in [3.05, 3.63) is 41.0 Å². The van der Waals surface area contributed by atoms with Crippen molar-refractivity contribution in [3.63, 3.8) is 0 Å². The second-order valence-corrected chi connectivity index (χ2v) is 6.00. The third kappa shape index (κ3) is 1.56. The molecule has 88 valence electrons. The van der Waals surface area contributed by atoms with E-state index >= 15 is 0 Å². The van der Waals surface area contributed by atoms with Crippen LogP contribution in [0.25, 0.3) is 6.08 Å². The van der Waals surface area contributed by atoms with Crippen molar-refractivity contribution in [3.8, 4) is 0 Å². The lowest BCUT2D eigenvalue weighted by atomic mass is 9.64. The van der Waals surface area contributed by atoms with Gasteiger partial charge in [-0.05, 0) is 29.4 Å². The van der Waals surface area contributed by atoms with Crippen molar-refractivity contribution in [2.24, 2.45) is 11.3 Å². The molecule has 2 atom stereocenters. The van der Waals surface area contributed by atoms with Crippen LogP contribution in [-0.2, 0) is 4.79 Å². The normalized spacial score (nSPS) is 29.2. The lowest BCUT2D eigenvalue weighted by Gasteiger charge is -2.39. The van der Waals surface area contributed by atoms with E-state index in [0.29, 0.717) is 5.92 Å². The number of hydrogen-bond acceptors (Lipinski definition) is 1. The highest BCUT2D eigenvalue weighted by atomic mass is 16.1. The van der Waals surface area contributed by atoms with Crippen LogP contribution in [0.5, 0.6) is 0 Å². The van der Waals surface area contributed by atoms with Crippen molar-refractivity contribution in [1.82, 2.24) is 0 Å². The van der Waals surface area contributed by atoms with Crippen molar-refractivity contribution in [2.45, 2.75) is 32.6 Å². The smallest absolute Gasteiger partial charge is 0.123 e. The Balaban J connectivity index is 2.08. The van der Waals surface area contributed by atoms with Gasteiger partial charge in [0.25, 0.3) is 0 Å². The molecule has 0 heterocycles. The fourth-order valence-electron chi connectivity index (χ4n) is 3.58. The largest absolute Gasteiger partial charge is 0.303 e. The molecule has 2 aliphatic rings. The van der Waals surface area contributed by atoms with Gasteiger partial charge in [0.1, 0.15) is 6.29 Å². The number of carbonyl (C=O) groups excluding carboxylic acids is 1. The summed E-state index contributed by atoms with van der Waals surface area (Å²) in [5, 5.41) is 0. The molecule has 1 nitrogen and oxygen atoms in total. The monoisotopic (exact) mass is 226 g/mol. The molecular weight excluding hydrogens is 208 g/mol. The van der Waals surface area contributed by atoms with Gasteiger partial charge in [-0.15, -0.1) is 0 Å². The Morgan fingerprint density at radius 3 is 2.82 bits per heavy atom. The maximum Gasteiger partial charge on any atom is 0.123 e. The highest BCUT2D eigenvalue weighted by molar-refractivity contribution is 5.69. The van der Waals surface area contributed by atoms with E-state index in [-0.39, 0.29) is 11.3 Å². The third-order valence-corrected chi connectivity index (χ3v) is 4.34. The van der Waals surface area contributed by atoms with E-state index in [1.807, 2.05) is 0 Å². The Kier molecular flexibility index (Phi) is 2.25. The van der Waals surface area contributed by atoms with Gasteiger partial charge in [0.15, 0.2) is 0 Å². The minimum atomic E-state index is 0.160. The van der Waals surface area contributed by atoms with Crippen LogP contribution in [0, 0.1) is 11.3 Å². The number of aldehydes is 1. The average molecular weight is 226 g/mol. The van der Waals surface area contributed by atoms with Crippen LogP contribution in [-0.4, -0.2) is 6.29 Å². The topological polar surface area (TPSA) is 17.1 Å². The summed E-state index contributed by atoms with van der Waals surface area (Å²) < 4.78 is 0. The van der Waals surface area contributed by atoms with E-state index in [2.05, 4.69) is 44.2 Å². The van der Waals surface area contributed by atoms with E-state index in [4.69, 9.17) is 0 Å². The number of hydrogen-bond donors (Lipinski definition) is 0. The molecule has 0 radical (unpaired) electrons. The maximum absolute atomic E-state index is 11.1. The maximum atomic E-state index is 11.1. The minimum absolute atomic E-state index is 0.160. The van der Waals surface area contributed by atoms with E-state index in [9.17, 15) is 4.79 Å². The first kappa shape index (κ1) is 10.8. The molecule has 0 unspecified atom stereocenters. The van der Waals surface area contributed by atoms with Crippen LogP contribution < -0.4 is 0 Å². The predicted molar refractivity (Wildman–Crippen MR) is 69.7 cm³/mol. The summed E-state index contributed by atoms with van der Waals surface area (Å²) in [6.07, 6.45) is 5.49. The Morgan fingerprint density at radius 2 is 2.06 bits per heavy atom. The summed E-state index contributed by atoms with van der Waals surface area (Å²) >= 11 is 0. The zero-order valence-corrected chi connectivity index (χ0v) is 10.4. The van der Waals surface area contributed by atoms with Gasteiger partial charge in [0, 0.05) is 11.8 Å². The molecule has 0 bridgehead atoms. The molecule has 0 N–H and O–H groups in total. The molecule has 0 aliphatic heterocycles. The van der Waals surface area contributed by atoms with Crippen LogP contribution in [0.1, 0.15) is 43.7 Å². The highest BCUT2D eigenvalue weighted by Gasteiger charge is 2.41. The van der Waals surface area contributed by atoms with Crippen LogP contribution in [0.4, 0.5) is 0 Å². The summed E-state index contributed by atoms with van der Waals surface area (Å²) in [7, 11) is 0. The molecule has 0 saturated heterocycles. The van der Waals surface area contributed by atoms with Crippen LogP contribution in [0.3, 0.4) is 0 Å². The van der Waals surface area contributed by atoms with E-state index in [1.54, 1.807) is 0 Å². The molecule has 1 aromatic rings. The van der Waals surface area contributed by atoms with Gasteiger partial charge in [-0.25, -0.2) is 0 Å². The number of carbonyl (C=O) groups is 1. The van der Waals surface area contributed by atoms with Gasteiger partial charge in [-0.3, -0.25) is 0 Å². The Bertz CT molecular complexity index is 496. The first-order chi connectivity index (χ1) is 8.12. The fraction of sp³-hybridized carbons (Fsp3) is 0.438. The van der Waals surface area contributed by atoms with Gasteiger partial charge in [0.05, 0.1) is 0 Å². The third-order valence-electron chi connectivity index (χ3n) is 4.34. The molecule has 2 aliphatic carbocycles. The molecule has 1 heteroatoms. The lowest BCUT2D eigenvalue weighted by Crippen LogP contribution is -2.29. The summed E-state index contributed by atoms with van der Waals surface area (Å²) in [6, 6.07) is 8.60. The molecule has 1 saturated carbocycles. The van der Waals surface area contributed by atoms with E-state index < -0.39 is 0 Å². The van der Waals surface area contributed by atoms with Gasteiger partial charge < -0.3 is 4.79 Å². The standard InChI is InChI=1S/C16H18O/c1-16(2)9-11(10-17)7-14-13-6-4-3-5-12(13)8-15(14)16/h3-6,8,10-11,14H,7,9H2,1-2H3/t11-,14-/m1/s1. The predicted octanol–water partition coefficient (Wildman–Crippen LogP) is 3.80. The van der Waals surface area contributed by atoms with Crippen LogP contribution >= 0.6 is 0 Å². The van der Waals surface area contributed by atoms with Crippen LogP contribution in [0.2, 0.25) is 0 Å². The number of benzene rings is 1. The van der Waals surface area contributed by atoms with Crippen molar-refractivity contribution in [1.29, 1.82) is 0 Å². The van der Waals surface area contributed by atoms with Crippen molar-refractivity contribution < 1.29 is 4.79 Å². The van der Waals surface area contributed by atoms with Crippen molar-refractivity contribution >= 4 is 12.4 Å². The Labute approximate surface area is 103 Å². The van der Waals surface area contributed by atoms with E-state index in [1.165, 1.54) is 16.7 Å². The molecule has 0 amide bonds.